The van der Waals surface area contributed by atoms with Gasteiger partial charge in [0.05, 0.1) is 6.20 Å². The molecule has 0 saturated carbocycles. The van der Waals surface area contributed by atoms with Gasteiger partial charge >= 0.3 is 0 Å². The number of aromatic nitrogens is 1. The van der Waals surface area contributed by atoms with Crippen molar-refractivity contribution in [2.24, 2.45) is 0 Å². The molecule has 0 unspecified atom stereocenters. The number of rotatable bonds is 1. The van der Waals surface area contributed by atoms with Gasteiger partial charge in [-0.15, -0.1) is 0 Å². The molecule has 3 nitrogen and oxygen atoms in total. The van der Waals surface area contributed by atoms with Gasteiger partial charge in [-0.1, -0.05) is 0 Å². The lowest BCUT2D eigenvalue weighted by Gasteiger charge is -2.19. The molecular weight excluding hydrogens is 183 g/mol. The van der Waals surface area contributed by atoms with Crippen LogP contribution in [0.3, 0.4) is 0 Å². The van der Waals surface area contributed by atoms with Crippen molar-refractivity contribution in [1.29, 1.82) is 0 Å². The lowest BCUT2D eigenvalue weighted by atomic mass is 10.1. The van der Waals surface area contributed by atoms with E-state index in [1.165, 1.54) is 12.1 Å². The van der Waals surface area contributed by atoms with Crippen LogP contribution in [0.5, 0.6) is 0 Å². The van der Waals surface area contributed by atoms with Crippen LogP contribution in [0.25, 0.3) is 0 Å². The van der Waals surface area contributed by atoms with E-state index in [-0.39, 0.29) is 17.1 Å². The predicted molar refractivity (Wildman–Crippen MR) is 51.4 cm³/mol. The van der Waals surface area contributed by atoms with E-state index in [2.05, 4.69) is 10.3 Å². The molecule has 76 valence electrons. The van der Waals surface area contributed by atoms with E-state index >= 15 is 0 Å². The van der Waals surface area contributed by atoms with E-state index in [0.717, 1.165) is 6.20 Å². The highest BCUT2D eigenvalue weighted by Crippen LogP contribution is 2.03. The fraction of sp³-hybridized carbons (Fsp3) is 0.400. The summed E-state index contributed by atoms with van der Waals surface area (Å²) in [7, 11) is 0. The summed E-state index contributed by atoms with van der Waals surface area (Å²) < 4.78 is 12.5. The molecular formula is C10H13FN2O. The SMILES string of the molecule is CC(C)(C)NC(=O)c1ccc(F)cn1. The maximum absolute atomic E-state index is 12.5. The fourth-order valence-corrected chi connectivity index (χ4v) is 0.915. The van der Waals surface area contributed by atoms with Crippen molar-refractivity contribution in [3.63, 3.8) is 0 Å². The molecule has 1 heterocycles. The van der Waals surface area contributed by atoms with Crippen molar-refractivity contribution in [1.82, 2.24) is 10.3 Å². The summed E-state index contributed by atoms with van der Waals surface area (Å²) in [6.07, 6.45) is 1.03. The monoisotopic (exact) mass is 196 g/mol. The van der Waals surface area contributed by atoms with Crippen LogP contribution in [-0.2, 0) is 0 Å². The minimum atomic E-state index is -0.447. The Bertz CT molecular complexity index is 327. The molecule has 0 radical (unpaired) electrons. The van der Waals surface area contributed by atoms with Gasteiger partial charge in [0.1, 0.15) is 11.5 Å². The molecule has 14 heavy (non-hydrogen) atoms. The minimum Gasteiger partial charge on any atom is -0.346 e. The predicted octanol–water partition coefficient (Wildman–Crippen LogP) is 1.75. The number of halogens is 1. The Labute approximate surface area is 82.4 Å². The molecule has 1 aromatic heterocycles. The van der Waals surface area contributed by atoms with Gasteiger partial charge in [0, 0.05) is 5.54 Å². The van der Waals surface area contributed by atoms with Crippen molar-refractivity contribution >= 4 is 5.91 Å². The smallest absolute Gasteiger partial charge is 0.270 e. The van der Waals surface area contributed by atoms with Crippen molar-refractivity contribution in [3.05, 3.63) is 29.8 Å². The molecule has 0 aliphatic carbocycles. The zero-order valence-electron chi connectivity index (χ0n) is 8.47. The van der Waals surface area contributed by atoms with Gasteiger partial charge in [0.2, 0.25) is 0 Å². The summed E-state index contributed by atoms with van der Waals surface area (Å²) in [5.41, 5.74) is -0.0889. The topological polar surface area (TPSA) is 42.0 Å². The number of nitrogens with one attached hydrogen (secondary N) is 1. The number of pyridine rings is 1. The van der Waals surface area contributed by atoms with Gasteiger partial charge in [-0.25, -0.2) is 9.37 Å². The van der Waals surface area contributed by atoms with Crippen LogP contribution in [0.1, 0.15) is 31.3 Å². The first kappa shape index (κ1) is 10.6. The second kappa shape index (κ2) is 3.74. The first-order valence-corrected chi connectivity index (χ1v) is 4.32. The maximum Gasteiger partial charge on any atom is 0.270 e. The third-order valence-electron chi connectivity index (χ3n) is 1.45. The van der Waals surface area contributed by atoms with Crippen LogP contribution in [-0.4, -0.2) is 16.4 Å². The summed E-state index contributed by atoms with van der Waals surface area (Å²) in [5.74, 6) is -0.741. The molecule has 0 bridgehead atoms. The number of carbonyl (C=O) groups excluding carboxylic acids is 1. The second-order valence-corrected chi connectivity index (χ2v) is 4.07. The molecule has 0 saturated heterocycles. The van der Waals surface area contributed by atoms with Crippen molar-refractivity contribution in [2.75, 3.05) is 0 Å². The largest absolute Gasteiger partial charge is 0.346 e. The van der Waals surface area contributed by atoms with E-state index in [9.17, 15) is 9.18 Å². The van der Waals surface area contributed by atoms with Gasteiger partial charge in [-0.2, -0.15) is 0 Å². The maximum atomic E-state index is 12.5. The molecule has 0 aromatic carbocycles. The second-order valence-electron chi connectivity index (χ2n) is 4.07. The highest BCUT2D eigenvalue weighted by molar-refractivity contribution is 5.92. The van der Waals surface area contributed by atoms with E-state index in [1.807, 2.05) is 20.8 Å². The van der Waals surface area contributed by atoms with E-state index < -0.39 is 5.82 Å². The lowest BCUT2D eigenvalue weighted by Crippen LogP contribution is -2.40. The molecule has 1 aromatic rings. The first-order valence-electron chi connectivity index (χ1n) is 4.32. The van der Waals surface area contributed by atoms with E-state index in [0.29, 0.717) is 0 Å². The lowest BCUT2D eigenvalue weighted by molar-refractivity contribution is 0.0914. The Kier molecular flexibility index (Phi) is 2.84. The molecule has 1 rings (SSSR count). The van der Waals surface area contributed by atoms with Crippen LogP contribution in [0, 0.1) is 5.82 Å². The normalized spacial score (nSPS) is 11.1. The summed E-state index contributed by atoms with van der Waals surface area (Å²) in [6.45, 7) is 5.61. The van der Waals surface area contributed by atoms with Gasteiger partial charge in [-0.05, 0) is 32.9 Å². The number of hydrogen-bond acceptors (Lipinski definition) is 2. The zero-order chi connectivity index (χ0) is 10.8. The summed E-state index contributed by atoms with van der Waals surface area (Å²) in [6, 6.07) is 2.57. The Balaban J connectivity index is 2.76. The Morgan fingerprint density at radius 1 is 1.43 bits per heavy atom. The summed E-state index contributed by atoms with van der Waals surface area (Å²) >= 11 is 0. The molecule has 0 atom stereocenters. The number of hydrogen-bond donors (Lipinski definition) is 1. The third kappa shape index (κ3) is 3.12. The Morgan fingerprint density at radius 2 is 2.07 bits per heavy atom. The zero-order valence-corrected chi connectivity index (χ0v) is 8.47. The van der Waals surface area contributed by atoms with Gasteiger partial charge in [0.15, 0.2) is 0 Å². The molecule has 4 heteroatoms. The Hall–Kier alpha value is -1.45. The molecule has 0 fully saturated rings. The number of amides is 1. The van der Waals surface area contributed by atoms with Crippen molar-refractivity contribution in [3.8, 4) is 0 Å². The summed E-state index contributed by atoms with van der Waals surface area (Å²) in [5, 5.41) is 2.73. The minimum absolute atomic E-state index is 0.223. The highest BCUT2D eigenvalue weighted by Gasteiger charge is 2.15. The molecule has 0 spiro atoms. The summed E-state index contributed by atoms with van der Waals surface area (Å²) in [4.78, 5) is 15.2. The average molecular weight is 196 g/mol. The third-order valence-corrected chi connectivity index (χ3v) is 1.45. The van der Waals surface area contributed by atoms with Gasteiger partial charge in [0.25, 0.3) is 5.91 Å². The van der Waals surface area contributed by atoms with Crippen LogP contribution < -0.4 is 5.32 Å². The standard InChI is InChI=1S/C10H13FN2O/c1-10(2,3)13-9(14)8-5-4-7(11)6-12-8/h4-6H,1-3H3,(H,13,14). The van der Waals surface area contributed by atoms with Gasteiger partial charge < -0.3 is 5.32 Å². The molecule has 0 aliphatic heterocycles. The number of nitrogens with zero attached hydrogens (tertiary/aromatic N) is 1. The molecule has 0 aliphatic rings. The quantitative estimate of drug-likeness (QED) is 0.743. The van der Waals surface area contributed by atoms with Crippen LogP contribution in [0.4, 0.5) is 4.39 Å². The average Bonchev–Trinajstić information content (AvgIpc) is 2.02. The molecule has 1 N–H and O–H groups in total. The first-order chi connectivity index (χ1) is 6.38. The van der Waals surface area contributed by atoms with Gasteiger partial charge in [-0.3, -0.25) is 4.79 Å². The highest BCUT2D eigenvalue weighted by atomic mass is 19.1. The fourth-order valence-electron chi connectivity index (χ4n) is 0.915. The van der Waals surface area contributed by atoms with Crippen LogP contribution >= 0.6 is 0 Å². The number of carbonyl (C=O) groups is 1. The van der Waals surface area contributed by atoms with Crippen molar-refractivity contribution in [2.45, 2.75) is 26.3 Å². The molecule has 1 amide bonds. The van der Waals surface area contributed by atoms with Crippen LogP contribution in [0.15, 0.2) is 18.3 Å². The van der Waals surface area contributed by atoms with E-state index in [4.69, 9.17) is 0 Å². The van der Waals surface area contributed by atoms with Crippen molar-refractivity contribution < 1.29 is 9.18 Å². The van der Waals surface area contributed by atoms with E-state index in [1.54, 1.807) is 0 Å². The Morgan fingerprint density at radius 3 is 2.50 bits per heavy atom. The van der Waals surface area contributed by atoms with Crippen LogP contribution in [0.2, 0.25) is 0 Å².